The lowest BCUT2D eigenvalue weighted by Gasteiger charge is -2.29. The van der Waals surface area contributed by atoms with E-state index in [1.807, 2.05) is 13.8 Å². The smallest absolute Gasteiger partial charge is 0.242 e. The van der Waals surface area contributed by atoms with E-state index in [1.54, 1.807) is 31.2 Å². The van der Waals surface area contributed by atoms with Crippen LogP contribution in [-0.4, -0.2) is 28.8 Å². The number of hydrogen-bond acceptors (Lipinski definition) is 2. The van der Waals surface area contributed by atoms with Crippen LogP contribution in [0.2, 0.25) is 10.0 Å². The fourth-order valence-electron chi connectivity index (χ4n) is 2.73. The third kappa shape index (κ3) is 5.94. The lowest BCUT2D eigenvalue weighted by atomic mass is 10.1. The third-order valence-electron chi connectivity index (χ3n) is 4.25. The second-order valence-corrected chi connectivity index (χ2v) is 7.71. The van der Waals surface area contributed by atoms with E-state index < -0.39 is 17.8 Å². The van der Waals surface area contributed by atoms with Gasteiger partial charge in [0.05, 0.1) is 6.42 Å². The fourth-order valence-corrected chi connectivity index (χ4v) is 3.08. The molecule has 0 spiro atoms. The van der Waals surface area contributed by atoms with Crippen molar-refractivity contribution in [3.63, 3.8) is 0 Å². The molecule has 28 heavy (non-hydrogen) atoms. The normalized spacial score (nSPS) is 12.0. The van der Waals surface area contributed by atoms with Crippen molar-refractivity contribution >= 4 is 35.0 Å². The molecule has 2 rings (SSSR count). The number of rotatable bonds is 7. The number of benzene rings is 2. The zero-order chi connectivity index (χ0) is 20.8. The summed E-state index contributed by atoms with van der Waals surface area (Å²) in [6.45, 7) is 5.52. The maximum absolute atomic E-state index is 14.1. The van der Waals surface area contributed by atoms with Gasteiger partial charge in [0, 0.05) is 28.2 Å². The fraction of sp³-hybridized carbons (Fsp3) is 0.333. The summed E-state index contributed by atoms with van der Waals surface area (Å²) in [4.78, 5) is 26.9. The second kappa shape index (κ2) is 9.89. The summed E-state index contributed by atoms with van der Waals surface area (Å²) in [5.41, 5.74) is 0.924. The highest BCUT2D eigenvalue weighted by atomic mass is 35.5. The Morgan fingerprint density at radius 3 is 2.29 bits per heavy atom. The highest BCUT2D eigenvalue weighted by molar-refractivity contribution is 6.31. The van der Waals surface area contributed by atoms with Crippen molar-refractivity contribution in [2.75, 3.05) is 0 Å². The molecule has 4 nitrogen and oxygen atoms in total. The maximum Gasteiger partial charge on any atom is 0.242 e. The van der Waals surface area contributed by atoms with Crippen molar-refractivity contribution in [3.05, 3.63) is 69.5 Å². The first kappa shape index (κ1) is 22.2. The Labute approximate surface area is 174 Å². The van der Waals surface area contributed by atoms with Crippen molar-refractivity contribution < 1.29 is 14.0 Å². The number of amides is 2. The Morgan fingerprint density at radius 2 is 1.71 bits per heavy atom. The average Bonchev–Trinajstić information content (AvgIpc) is 2.63. The number of hydrogen-bond donors (Lipinski definition) is 1. The molecule has 7 heteroatoms. The van der Waals surface area contributed by atoms with E-state index in [0.717, 1.165) is 5.56 Å². The molecule has 0 fully saturated rings. The van der Waals surface area contributed by atoms with E-state index in [-0.39, 0.29) is 35.5 Å². The first-order valence-corrected chi connectivity index (χ1v) is 9.71. The molecule has 0 aliphatic carbocycles. The summed E-state index contributed by atoms with van der Waals surface area (Å²) < 4.78 is 14.1. The number of carbonyl (C=O) groups is 2. The van der Waals surface area contributed by atoms with Gasteiger partial charge in [-0.15, -0.1) is 0 Å². The first-order chi connectivity index (χ1) is 13.2. The molecule has 2 aromatic rings. The lowest BCUT2D eigenvalue weighted by molar-refractivity contribution is -0.140. The van der Waals surface area contributed by atoms with Gasteiger partial charge in [-0.2, -0.15) is 0 Å². The first-order valence-electron chi connectivity index (χ1n) is 8.96. The Balaban J connectivity index is 2.29. The van der Waals surface area contributed by atoms with Gasteiger partial charge < -0.3 is 10.2 Å². The zero-order valence-electron chi connectivity index (χ0n) is 16.0. The highest BCUT2D eigenvalue weighted by Gasteiger charge is 2.27. The van der Waals surface area contributed by atoms with Crippen LogP contribution in [0.15, 0.2) is 42.5 Å². The van der Waals surface area contributed by atoms with Gasteiger partial charge in [0.2, 0.25) is 11.8 Å². The minimum Gasteiger partial charge on any atom is -0.352 e. The predicted octanol–water partition coefficient (Wildman–Crippen LogP) is 4.62. The molecule has 2 aromatic carbocycles. The van der Waals surface area contributed by atoms with Gasteiger partial charge in [-0.3, -0.25) is 9.59 Å². The summed E-state index contributed by atoms with van der Waals surface area (Å²) >= 11 is 12.0. The van der Waals surface area contributed by atoms with Crippen LogP contribution in [-0.2, 0) is 22.6 Å². The lowest BCUT2D eigenvalue weighted by Crippen LogP contribution is -2.49. The molecule has 0 heterocycles. The molecule has 150 valence electrons. The minimum atomic E-state index is -0.740. The molecular formula is C21H23Cl2FN2O2. The second-order valence-electron chi connectivity index (χ2n) is 6.86. The van der Waals surface area contributed by atoms with Gasteiger partial charge in [0.15, 0.2) is 0 Å². The molecule has 0 saturated carbocycles. The van der Waals surface area contributed by atoms with Gasteiger partial charge >= 0.3 is 0 Å². The minimum absolute atomic E-state index is 0.0663. The Kier molecular flexibility index (Phi) is 7.84. The van der Waals surface area contributed by atoms with Crippen LogP contribution in [0.3, 0.4) is 0 Å². The Hall–Kier alpha value is -2.11. The standard InChI is InChI=1S/C21H23Cl2FN2O2/c1-13(2)25-21(28)14(3)26(12-15-7-9-16(22)10-8-15)20(27)11-17-18(23)5-4-6-19(17)24/h4-10,13-14H,11-12H2,1-3H3,(H,25,28). The topological polar surface area (TPSA) is 49.4 Å². The molecule has 0 aliphatic heterocycles. The summed E-state index contributed by atoms with van der Waals surface area (Å²) in [5.74, 6) is -1.23. The van der Waals surface area contributed by atoms with Crippen LogP contribution >= 0.6 is 23.2 Å². The number of nitrogens with zero attached hydrogens (tertiary/aromatic N) is 1. The molecule has 0 saturated heterocycles. The molecular weight excluding hydrogens is 402 g/mol. The van der Waals surface area contributed by atoms with Gasteiger partial charge in [0.1, 0.15) is 11.9 Å². The van der Waals surface area contributed by atoms with Crippen LogP contribution in [0.4, 0.5) is 4.39 Å². The van der Waals surface area contributed by atoms with Crippen molar-refractivity contribution in [3.8, 4) is 0 Å². The number of halogens is 3. The molecule has 1 unspecified atom stereocenters. The number of carbonyl (C=O) groups excluding carboxylic acids is 2. The van der Waals surface area contributed by atoms with E-state index in [2.05, 4.69) is 5.32 Å². The van der Waals surface area contributed by atoms with Gasteiger partial charge in [-0.25, -0.2) is 4.39 Å². The average molecular weight is 425 g/mol. The van der Waals surface area contributed by atoms with Crippen molar-refractivity contribution in [1.82, 2.24) is 10.2 Å². The molecule has 2 amide bonds. The summed E-state index contributed by atoms with van der Waals surface area (Å²) in [6.07, 6.45) is -0.238. The number of nitrogens with one attached hydrogen (secondary N) is 1. The SMILES string of the molecule is CC(C)NC(=O)C(C)N(Cc1ccc(Cl)cc1)C(=O)Cc1c(F)cccc1Cl. The van der Waals surface area contributed by atoms with Crippen molar-refractivity contribution in [1.29, 1.82) is 0 Å². The largest absolute Gasteiger partial charge is 0.352 e. The zero-order valence-corrected chi connectivity index (χ0v) is 17.5. The van der Waals surface area contributed by atoms with Crippen LogP contribution in [0.1, 0.15) is 31.9 Å². The molecule has 0 aromatic heterocycles. The van der Waals surface area contributed by atoms with E-state index in [0.29, 0.717) is 5.02 Å². The van der Waals surface area contributed by atoms with Crippen molar-refractivity contribution in [2.24, 2.45) is 0 Å². The van der Waals surface area contributed by atoms with E-state index in [9.17, 15) is 14.0 Å². The third-order valence-corrected chi connectivity index (χ3v) is 4.86. The van der Waals surface area contributed by atoms with Gasteiger partial charge in [-0.1, -0.05) is 41.4 Å². The van der Waals surface area contributed by atoms with Crippen LogP contribution in [0.25, 0.3) is 0 Å². The van der Waals surface area contributed by atoms with E-state index in [4.69, 9.17) is 23.2 Å². The predicted molar refractivity (Wildman–Crippen MR) is 110 cm³/mol. The highest BCUT2D eigenvalue weighted by Crippen LogP contribution is 2.22. The van der Waals surface area contributed by atoms with E-state index in [1.165, 1.54) is 23.1 Å². The summed E-state index contributed by atoms with van der Waals surface area (Å²) in [5, 5.41) is 3.56. The summed E-state index contributed by atoms with van der Waals surface area (Å²) in [6, 6.07) is 10.5. The maximum atomic E-state index is 14.1. The Bertz CT molecular complexity index is 821. The Morgan fingerprint density at radius 1 is 1.07 bits per heavy atom. The van der Waals surface area contributed by atoms with Crippen LogP contribution < -0.4 is 5.32 Å². The molecule has 0 bridgehead atoms. The molecule has 1 N–H and O–H groups in total. The van der Waals surface area contributed by atoms with Crippen LogP contribution in [0, 0.1) is 5.82 Å². The van der Waals surface area contributed by atoms with Crippen LogP contribution in [0.5, 0.6) is 0 Å². The van der Waals surface area contributed by atoms with E-state index >= 15 is 0 Å². The van der Waals surface area contributed by atoms with Gasteiger partial charge in [0.25, 0.3) is 0 Å². The quantitative estimate of drug-likeness (QED) is 0.704. The molecule has 0 radical (unpaired) electrons. The molecule has 0 aliphatic rings. The molecule has 1 atom stereocenters. The van der Waals surface area contributed by atoms with Gasteiger partial charge in [-0.05, 0) is 50.6 Å². The van der Waals surface area contributed by atoms with Crippen molar-refractivity contribution in [2.45, 2.75) is 45.8 Å². The summed E-state index contributed by atoms with van der Waals surface area (Å²) in [7, 11) is 0. The monoisotopic (exact) mass is 424 g/mol.